The summed E-state index contributed by atoms with van der Waals surface area (Å²) in [4.78, 5) is 0. The maximum absolute atomic E-state index is 11.9. The predicted octanol–water partition coefficient (Wildman–Crippen LogP) is 3.07. The standard InChI is InChI=1S/C10H11F2NO.H2/c1-3-7-5-8(14-10(11)12)4-6(2)9(7)13;/h3-5,10H,1,13H2,2H3;1H. The highest BCUT2D eigenvalue weighted by Gasteiger charge is 2.07. The van der Waals surface area contributed by atoms with Crippen LogP contribution in [0.5, 0.6) is 5.75 Å². The molecule has 0 radical (unpaired) electrons. The average molecular weight is 201 g/mol. The molecule has 4 heteroatoms. The van der Waals surface area contributed by atoms with Crippen LogP contribution in [0.1, 0.15) is 12.6 Å². The molecule has 0 aliphatic heterocycles. The SMILES string of the molecule is C=Cc1cc(OC(F)F)cc(C)c1N.[HH]. The van der Waals surface area contributed by atoms with Crippen molar-refractivity contribution in [2.45, 2.75) is 13.5 Å². The molecular weight excluding hydrogens is 188 g/mol. The molecule has 0 atom stereocenters. The van der Waals surface area contributed by atoms with Gasteiger partial charge in [-0.2, -0.15) is 8.78 Å². The Labute approximate surface area is 82.5 Å². The smallest absolute Gasteiger partial charge is 0.387 e. The lowest BCUT2D eigenvalue weighted by molar-refractivity contribution is -0.0498. The Balaban J connectivity index is 0.00000196. The van der Waals surface area contributed by atoms with Gasteiger partial charge in [-0.25, -0.2) is 0 Å². The molecule has 0 saturated carbocycles. The molecule has 0 bridgehead atoms. The zero-order valence-corrected chi connectivity index (χ0v) is 7.76. The Morgan fingerprint density at radius 1 is 1.57 bits per heavy atom. The van der Waals surface area contributed by atoms with E-state index in [1.54, 1.807) is 6.92 Å². The van der Waals surface area contributed by atoms with E-state index < -0.39 is 6.61 Å². The highest BCUT2D eigenvalue weighted by atomic mass is 19.3. The molecule has 1 rings (SSSR count). The molecule has 1 aromatic rings. The summed E-state index contributed by atoms with van der Waals surface area (Å²) in [6.07, 6.45) is 1.50. The Hall–Kier alpha value is -1.58. The van der Waals surface area contributed by atoms with E-state index in [9.17, 15) is 8.78 Å². The van der Waals surface area contributed by atoms with Gasteiger partial charge in [0, 0.05) is 12.7 Å². The molecule has 2 nitrogen and oxygen atoms in total. The third kappa shape index (κ3) is 2.22. The van der Waals surface area contributed by atoms with Gasteiger partial charge in [0.25, 0.3) is 0 Å². The van der Waals surface area contributed by atoms with Crippen LogP contribution < -0.4 is 10.5 Å². The van der Waals surface area contributed by atoms with Crippen molar-refractivity contribution in [1.82, 2.24) is 0 Å². The van der Waals surface area contributed by atoms with E-state index in [-0.39, 0.29) is 7.18 Å². The summed E-state index contributed by atoms with van der Waals surface area (Å²) in [6.45, 7) is 2.43. The zero-order chi connectivity index (χ0) is 10.7. The molecule has 0 aliphatic rings. The maximum Gasteiger partial charge on any atom is 0.387 e. The van der Waals surface area contributed by atoms with E-state index >= 15 is 0 Å². The van der Waals surface area contributed by atoms with Crippen molar-refractivity contribution in [3.05, 3.63) is 29.8 Å². The summed E-state index contributed by atoms with van der Waals surface area (Å²) in [5, 5.41) is 0. The van der Waals surface area contributed by atoms with Crippen LogP contribution in [0.25, 0.3) is 6.08 Å². The summed E-state index contributed by atoms with van der Waals surface area (Å²) in [6, 6.07) is 2.90. The molecule has 78 valence electrons. The average Bonchev–Trinajstić information content (AvgIpc) is 2.10. The first-order chi connectivity index (χ1) is 6.54. The van der Waals surface area contributed by atoms with Gasteiger partial charge in [-0.15, -0.1) is 0 Å². The van der Waals surface area contributed by atoms with E-state index in [1.165, 1.54) is 18.2 Å². The second-order valence-electron chi connectivity index (χ2n) is 2.83. The molecule has 1 aromatic carbocycles. The third-order valence-electron chi connectivity index (χ3n) is 1.84. The molecule has 0 aromatic heterocycles. The number of nitrogen functional groups attached to an aromatic ring is 1. The van der Waals surface area contributed by atoms with Crippen LogP contribution in [-0.4, -0.2) is 6.61 Å². The number of hydrogen-bond donors (Lipinski definition) is 1. The lowest BCUT2D eigenvalue weighted by Gasteiger charge is -2.09. The van der Waals surface area contributed by atoms with Crippen LogP contribution in [0, 0.1) is 6.92 Å². The molecule has 2 N–H and O–H groups in total. The van der Waals surface area contributed by atoms with Crippen LogP contribution >= 0.6 is 0 Å². The van der Waals surface area contributed by atoms with Gasteiger partial charge in [-0.05, 0) is 24.6 Å². The fourth-order valence-corrected chi connectivity index (χ4v) is 1.13. The number of alkyl halides is 2. The Morgan fingerprint density at radius 3 is 2.71 bits per heavy atom. The van der Waals surface area contributed by atoms with Gasteiger partial charge in [-0.3, -0.25) is 0 Å². The number of rotatable bonds is 3. The minimum Gasteiger partial charge on any atom is -0.435 e. The van der Waals surface area contributed by atoms with Crippen LogP contribution in [-0.2, 0) is 0 Å². The van der Waals surface area contributed by atoms with Crippen molar-refractivity contribution < 1.29 is 14.9 Å². The molecule has 0 amide bonds. The number of benzene rings is 1. The topological polar surface area (TPSA) is 35.2 Å². The minimum atomic E-state index is -2.82. The van der Waals surface area contributed by atoms with Gasteiger partial charge >= 0.3 is 6.61 Å². The highest BCUT2D eigenvalue weighted by Crippen LogP contribution is 2.26. The number of nitrogens with two attached hydrogens (primary N) is 1. The molecule has 0 heterocycles. The highest BCUT2D eigenvalue weighted by molar-refractivity contribution is 5.68. The summed E-state index contributed by atoms with van der Waals surface area (Å²) in [7, 11) is 0. The summed E-state index contributed by atoms with van der Waals surface area (Å²) in [5.41, 5.74) is 7.50. The van der Waals surface area contributed by atoms with E-state index in [0.29, 0.717) is 16.8 Å². The maximum atomic E-state index is 11.9. The summed E-state index contributed by atoms with van der Waals surface area (Å²) < 4.78 is 28.1. The largest absolute Gasteiger partial charge is 0.435 e. The van der Waals surface area contributed by atoms with Gasteiger partial charge in [0.1, 0.15) is 5.75 Å². The molecular formula is C10H13F2NO. The first-order valence-electron chi connectivity index (χ1n) is 4.02. The Kier molecular flexibility index (Phi) is 3.06. The third-order valence-corrected chi connectivity index (χ3v) is 1.84. The number of hydrogen-bond acceptors (Lipinski definition) is 2. The monoisotopic (exact) mass is 201 g/mol. The van der Waals surface area contributed by atoms with Crippen molar-refractivity contribution in [3.63, 3.8) is 0 Å². The lowest BCUT2D eigenvalue weighted by Crippen LogP contribution is -2.03. The molecule has 0 aliphatic carbocycles. The van der Waals surface area contributed by atoms with Crippen LogP contribution in [0.15, 0.2) is 18.7 Å². The Bertz CT molecular complexity index is 356. The molecule has 0 spiro atoms. The normalized spacial score (nSPS) is 10.3. The van der Waals surface area contributed by atoms with E-state index in [1.807, 2.05) is 0 Å². The van der Waals surface area contributed by atoms with E-state index in [2.05, 4.69) is 11.3 Å². The predicted molar refractivity (Wildman–Crippen MR) is 54.4 cm³/mol. The number of ether oxygens (including phenoxy) is 1. The van der Waals surface area contributed by atoms with Crippen LogP contribution in [0.4, 0.5) is 14.5 Å². The van der Waals surface area contributed by atoms with Gasteiger partial charge in [0.05, 0.1) is 0 Å². The summed E-state index contributed by atoms with van der Waals surface area (Å²) in [5.74, 6) is 0.0987. The molecule has 14 heavy (non-hydrogen) atoms. The lowest BCUT2D eigenvalue weighted by atomic mass is 10.1. The van der Waals surface area contributed by atoms with Crippen molar-refractivity contribution in [1.29, 1.82) is 0 Å². The zero-order valence-electron chi connectivity index (χ0n) is 7.76. The van der Waals surface area contributed by atoms with Crippen molar-refractivity contribution in [2.75, 3.05) is 5.73 Å². The minimum absolute atomic E-state index is 0. The molecule has 0 fully saturated rings. The number of halogens is 2. The van der Waals surface area contributed by atoms with Crippen molar-refractivity contribution >= 4 is 11.8 Å². The van der Waals surface area contributed by atoms with Gasteiger partial charge in [0.15, 0.2) is 0 Å². The van der Waals surface area contributed by atoms with Crippen molar-refractivity contribution in [2.24, 2.45) is 0 Å². The van der Waals surface area contributed by atoms with E-state index in [0.717, 1.165) is 0 Å². The first-order valence-corrected chi connectivity index (χ1v) is 4.02. The second-order valence-corrected chi connectivity index (χ2v) is 2.83. The second kappa shape index (κ2) is 4.09. The summed E-state index contributed by atoms with van der Waals surface area (Å²) >= 11 is 0. The Morgan fingerprint density at radius 2 is 2.21 bits per heavy atom. The molecule has 0 unspecified atom stereocenters. The fourth-order valence-electron chi connectivity index (χ4n) is 1.13. The van der Waals surface area contributed by atoms with Gasteiger partial charge in [-0.1, -0.05) is 12.7 Å². The quantitative estimate of drug-likeness (QED) is 0.763. The van der Waals surface area contributed by atoms with Crippen LogP contribution in [0.2, 0.25) is 0 Å². The van der Waals surface area contributed by atoms with Crippen LogP contribution in [0.3, 0.4) is 0 Å². The van der Waals surface area contributed by atoms with E-state index in [4.69, 9.17) is 5.73 Å². The number of aryl methyl sites for hydroxylation is 1. The first kappa shape index (κ1) is 10.5. The molecule has 0 saturated heterocycles. The fraction of sp³-hybridized carbons (Fsp3) is 0.200. The van der Waals surface area contributed by atoms with Gasteiger partial charge < -0.3 is 10.5 Å². The number of anilines is 1. The van der Waals surface area contributed by atoms with Crippen molar-refractivity contribution in [3.8, 4) is 5.75 Å². The van der Waals surface area contributed by atoms with Gasteiger partial charge in [0.2, 0.25) is 0 Å².